The van der Waals surface area contributed by atoms with Gasteiger partial charge in [-0.25, -0.2) is 0 Å². The Morgan fingerprint density at radius 2 is 1.05 bits per heavy atom. The Hall–Kier alpha value is -4.92. The minimum atomic E-state index is 0.941. The zero-order valence-electron chi connectivity index (χ0n) is 21.5. The van der Waals surface area contributed by atoms with Crippen LogP contribution in [0.3, 0.4) is 0 Å². The number of rotatable bonds is 2. The van der Waals surface area contributed by atoms with Crippen molar-refractivity contribution in [1.82, 2.24) is 0 Å². The van der Waals surface area contributed by atoms with Crippen LogP contribution in [0.2, 0.25) is 0 Å². The third-order valence-electron chi connectivity index (χ3n) is 8.29. The van der Waals surface area contributed by atoms with E-state index in [1.54, 1.807) is 11.3 Å². The lowest BCUT2D eigenvalue weighted by Crippen LogP contribution is -1.91. The number of furan rings is 1. The molecule has 0 radical (unpaired) electrons. The molecule has 9 aromatic rings. The van der Waals surface area contributed by atoms with E-state index in [0.29, 0.717) is 0 Å². The number of thiophene rings is 1. The van der Waals surface area contributed by atoms with Crippen molar-refractivity contribution in [2.24, 2.45) is 0 Å². The Kier molecular flexibility index (Phi) is 4.55. The molecule has 0 aliphatic rings. The average molecular weight is 527 g/mol. The fourth-order valence-corrected chi connectivity index (χ4v) is 7.67. The van der Waals surface area contributed by atoms with Gasteiger partial charge in [-0.3, -0.25) is 0 Å². The molecule has 0 N–H and O–H groups in total. The first-order valence-corrected chi connectivity index (χ1v) is 14.4. The topological polar surface area (TPSA) is 13.1 Å². The molecule has 0 bridgehead atoms. The summed E-state index contributed by atoms with van der Waals surface area (Å²) in [5, 5.41) is 11.3. The second-order valence-corrected chi connectivity index (χ2v) is 11.5. The van der Waals surface area contributed by atoms with E-state index < -0.39 is 0 Å². The van der Waals surface area contributed by atoms with E-state index >= 15 is 0 Å². The molecule has 0 saturated carbocycles. The van der Waals surface area contributed by atoms with Gasteiger partial charge < -0.3 is 4.42 Å². The summed E-state index contributed by atoms with van der Waals surface area (Å²) in [5.74, 6) is 0. The summed E-state index contributed by atoms with van der Waals surface area (Å²) in [7, 11) is 0. The van der Waals surface area contributed by atoms with E-state index in [-0.39, 0.29) is 0 Å². The quantitative estimate of drug-likeness (QED) is 0.204. The maximum absolute atomic E-state index is 6.34. The van der Waals surface area contributed by atoms with Crippen LogP contribution in [0.4, 0.5) is 0 Å². The lowest BCUT2D eigenvalue weighted by atomic mass is 9.84. The highest BCUT2D eigenvalue weighted by Gasteiger charge is 2.19. The molecule has 9 rings (SSSR count). The predicted octanol–water partition coefficient (Wildman–Crippen LogP) is 11.6. The van der Waals surface area contributed by atoms with Crippen molar-refractivity contribution in [2.75, 3.05) is 0 Å². The molecule has 0 aliphatic heterocycles. The van der Waals surface area contributed by atoms with Gasteiger partial charge in [-0.15, -0.1) is 0 Å². The van der Waals surface area contributed by atoms with Crippen molar-refractivity contribution in [1.29, 1.82) is 0 Å². The average Bonchev–Trinajstić information content (AvgIpc) is 3.55. The second-order valence-electron chi connectivity index (χ2n) is 10.4. The highest BCUT2D eigenvalue weighted by Crippen LogP contribution is 2.47. The van der Waals surface area contributed by atoms with Crippen molar-refractivity contribution in [3.05, 3.63) is 133 Å². The first-order chi connectivity index (χ1) is 19.8. The number of hydrogen-bond donors (Lipinski definition) is 0. The summed E-state index contributed by atoms with van der Waals surface area (Å²) in [6, 6.07) is 48.4. The van der Waals surface area contributed by atoms with Crippen molar-refractivity contribution >= 4 is 75.0 Å². The van der Waals surface area contributed by atoms with E-state index in [9.17, 15) is 0 Å². The Morgan fingerprint density at radius 1 is 0.450 bits per heavy atom. The standard InChI is InChI=1S/C38H22OS/c1-2-12-25-23(10-1)11-9-18-26(25)36-29-15-5-3-13-27(29)35(28-14-4-6-16-30(28)36)24-20-21-33-32(22-24)37-31-17-7-8-19-34(31)40-38(37)39-33/h1-22H. The van der Waals surface area contributed by atoms with Crippen molar-refractivity contribution in [3.8, 4) is 22.3 Å². The van der Waals surface area contributed by atoms with E-state index in [2.05, 4.69) is 133 Å². The van der Waals surface area contributed by atoms with Crippen LogP contribution in [0.5, 0.6) is 0 Å². The molecular weight excluding hydrogens is 504 g/mol. The Morgan fingerprint density at radius 3 is 1.80 bits per heavy atom. The monoisotopic (exact) mass is 526 g/mol. The highest BCUT2D eigenvalue weighted by atomic mass is 32.1. The fourth-order valence-electron chi connectivity index (χ4n) is 6.59. The second kappa shape index (κ2) is 8.29. The summed E-state index contributed by atoms with van der Waals surface area (Å²) in [6.45, 7) is 0. The van der Waals surface area contributed by atoms with Crippen LogP contribution < -0.4 is 0 Å². The van der Waals surface area contributed by atoms with Gasteiger partial charge in [-0.05, 0) is 72.8 Å². The van der Waals surface area contributed by atoms with Crippen LogP contribution in [0.15, 0.2) is 138 Å². The van der Waals surface area contributed by atoms with Crippen LogP contribution in [-0.4, -0.2) is 0 Å². The van der Waals surface area contributed by atoms with Gasteiger partial charge in [0, 0.05) is 20.9 Å². The van der Waals surface area contributed by atoms with Crippen LogP contribution in [-0.2, 0) is 0 Å². The van der Waals surface area contributed by atoms with Gasteiger partial charge in [0.1, 0.15) is 5.58 Å². The lowest BCUT2D eigenvalue weighted by Gasteiger charge is -2.18. The van der Waals surface area contributed by atoms with Gasteiger partial charge in [0.05, 0.1) is 0 Å². The smallest absolute Gasteiger partial charge is 0.190 e. The van der Waals surface area contributed by atoms with E-state index in [1.165, 1.54) is 75.4 Å². The zero-order chi connectivity index (χ0) is 26.2. The molecule has 7 aromatic carbocycles. The maximum Gasteiger partial charge on any atom is 0.190 e. The van der Waals surface area contributed by atoms with Crippen LogP contribution in [0, 0.1) is 0 Å². The SMILES string of the molecule is c1ccc2c(-c3c4ccccc4c(-c4ccc5oc6sc7ccccc7c6c5c4)c4ccccc34)cccc2c1. The summed E-state index contributed by atoms with van der Waals surface area (Å²) < 4.78 is 7.60. The molecular formula is C38H22OS. The number of hydrogen-bond acceptors (Lipinski definition) is 2. The number of benzene rings is 7. The third kappa shape index (κ3) is 3.03. The molecule has 0 spiro atoms. The molecule has 0 saturated heterocycles. The van der Waals surface area contributed by atoms with Crippen molar-refractivity contribution < 1.29 is 4.42 Å². The van der Waals surface area contributed by atoms with Crippen molar-refractivity contribution in [2.45, 2.75) is 0 Å². The fraction of sp³-hybridized carbons (Fsp3) is 0. The largest absolute Gasteiger partial charge is 0.445 e. The van der Waals surface area contributed by atoms with Crippen LogP contribution >= 0.6 is 11.3 Å². The van der Waals surface area contributed by atoms with Crippen LogP contribution in [0.1, 0.15) is 0 Å². The normalized spacial score (nSPS) is 12.0. The minimum Gasteiger partial charge on any atom is -0.445 e. The predicted molar refractivity (Wildman–Crippen MR) is 172 cm³/mol. The van der Waals surface area contributed by atoms with Crippen molar-refractivity contribution in [3.63, 3.8) is 0 Å². The van der Waals surface area contributed by atoms with E-state index in [1.807, 2.05) is 0 Å². The van der Waals surface area contributed by atoms with E-state index in [4.69, 9.17) is 4.42 Å². The van der Waals surface area contributed by atoms with Gasteiger partial charge in [0.2, 0.25) is 0 Å². The summed E-state index contributed by atoms with van der Waals surface area (Å²) >= 11 is 1.73. The first kappa shape index (κ1) is 22.0. The van der Waals surface area contributed by atoms with Gasteiger partial charge in [-0.1, -0.05) is 127 Å². The maximum atomic E-state index is 6.34. The molecule has 186 valence electrons. The molecule has 2 heteroatoms. The molecule has 0 aliphatic carbocycles. The van der Waals surface area contributed by atoms with Gasteiger partial charge in [-0.2, -0.15) is 0 Å². The molecule has 40 heavy (non-hydrogen) atoms. The summed E-state index contributed by atoms with van der Waals surface area (Å²) in [4.78, 5) is 0.995. The molecule has 0 unspecified atom stereocenters. The summed E-state index contributed by atoms with van der Waals surface area (Å²) in [5.41, 5.74) is 5.99. The van der Waals surface area contributed by atoms with Gasteiger partial charge >= 0.3 is 0 Å². The van der Waals surface area contributed by atoms with Crippen LogP contribution in [0.25, 0.3) is 85.9 Å². The highest BCUT2D eigenvalue weighted by molar-refractivity contribution is 7.25. The summed E-state index contributed by atoms with van der Waals surface area (Å²) in [6.07, 6.45) is 0. The Labute approximate surface area is 234 Å². The Balaban J connectivity index is 1.41. The third-order valence-corrected chi connectivity index (χ3v) is 9.34. The minimum absolute atomic E-state index is 0.941. The molecule has 2 aromatic heterocycles. The van der Waals surface area contributed by atoms with Gasteiger partial charge in [0.25, 0.3) is 0 Å². The molecule has 2 heterocycles. The Bertz CT molecular complexity index is 2380. The molecule has 0 fully saturated rings. The lowest BCUT2D eigenvalue weighted by molar-refractivity contribution is 0.678. The van der Waals surface area contributed by atoms with E-state index in [0.717, 1.165) is 10.5 Å². The number of fused-ring (bicyclic) bond motifs is 8. The first-order valence-electron chi connectivity index (χ1n) is 13.6. The molecule has 0 amide bonds. The zero-order valence-corrected chi connectivity index (χ0v) is 22.3. The van der Waals surface area contributed by atoms with Gasteiger partial charge in [0.15, 0.2) is 4.90 Å². The molecule has 0 atom stereocenters. The molecule has 1 nitrogen and oxygen atoms in total.